The molecule has 0 bridgehead atoms. The van der Waals surface area contributed by atoms with Gasteiger partial charge in [-0.1, -0.05) is 0 Å². The van der Waals surface area contributed by atoms with Crippen LogP contribution in [0.3, 0.4) is 0 Å². The van der Waals surface area contributed by atoms with Crippen LogP contribution in [0.5, 0.6) is 0 Å². The van der Waals surface area contributed by atoms with Crippen molar-refractivity contribution in [3.05, 3.63) is 21.9 Å². The second-order valence-corrected chi connectivity index (χ2v) is 6.78. The van der Waals surface area contributed by atoms with Gasteiger partial charge in [-0.25, -0.2) is 9.18 Å². The molecule has 4 nitrogen and oxygen atoms in total. The van der Waals surface area contributed by atoms with Gasteiger partial charge in [0.05, 0.1) is 7.11 Å². The number of alkyl halides is 1. The predicted molar refractivity (Wildman–Crippen MR) is 79.3 cm³/mol. The van der Waals surface area contributed by atoms with Crippen LogP contribution in [0.25, 0.3) is 0 Å². The first-order chi connectivity index (χ1) is 9.85. The quantitative estimate of drug-likeness (QED) is 0.785. The fourth-order valence-electron chi connectivity index (χ4n) is 2.72. The second-order valence-electron chi connectivity index (χ2n) is 5.61. The van der Waals surface area contributed by atoms with E-state index >= 15 is 0 Å². The summed E-state index contributed by atoms with van der Waals surface area (Å²) in [6.07, 6.45) is 1.78. The molecular formula is C15H20FNO3S. The average Bonchev–Trinajstić information content (AvgIpc) is 2.96. The number of aryl methyl sites for hydroxylation is 1. The monoisotopic (exact) mass is 313 g/mol. The summed E-state index contributed by atoms with van der Waals surface area (Å²) in [7, 11) is 1.36. The van der Waals surface area contributed by atoms with Crippen LogP contribution < -0.4 is 0 Å². The number of hydrogen-bond acceptors (Lipinski definition) is 4. The Labute approximate surface area is 127 Å². The lowest BCUT2D eigenvalue weighted by Gasteiger charge is -2.21. The Morgan fingerprint density at radius 2 is 2.29 bits per heavy atom. The molecule has 1 aliphatic heterocycles. The highest BCUT2D eigenvalue weighted by atomic mass is 32.1. The van der Waals surface area contributed by atoms with Crippen molar-refractivity contribution < 1.29 is 18.7 Å². The van der Waals surface area contributed by atoms with Gasteiger partial charge in [-0.15, -0.1) is 11.3 Å². The van der Waals surface area contributed by atoms with Crippen LogP contribution in [0.4, 0.5) is 4.39 Å². The normalized spacial score (nSPS) is 25.4. The number of carbonyl (C=O) groups excluding carboxylic acids is 2. The maximum atomic E-state index is 13.9. The summed E-state index contributed by atoms with van der Waals surface area (Å²) in [4.78, 5) is 26.5. The zero-order valence-electron chi connectivity index (χ0n) is 12.5. The van der Waals surface area contributed by atoms with E-state index in [0.717, 1.165) is 17.7 Å². The molecule has 0 aromatic carbocycles. The largest absolute Gasteiger partial charge is 0.465 e. The molecule has 21 heavy (non-hydrogen) atoms. The molecule has 2 heterocycles. The van der Waals surface area contributed by atoms with Crippen LogP contribution in [0.1, 0.15) is 41.2 Å². The van der Waals surface area contributed by atoms with E-state index in [-0.39, 0.29) is 18.4 Å². The van der Waals surface area contributed by atoms with Gasteiger partial charge < -0.3 is 9.64 Å². The molecule has 1 aliphatic rings. The van der Waals surface area contributed by atoms with Crippen LogP contribution in [-0.2, 0) is 16.0 Å². The van der Waals surface area contributed by atoms with Crippen molar-refractivity contribution >= 4 is 23.2 Å². The number of hydrogen-bond donors (Lipinski definition) is 0. The molecule has 0 saturated carbocycles. The summed E-state index contributed by atoms with van der Waals surface area (Å²) in [6.45, 7) is 3.78. The molecule has 1 fully saturated rings. The van der Waals surface area contributed by atoms with Crippen molar-refractivity contribution in [2.24, 2.45) is 0 Å². The summed E-state index contributed by atoms with van der Waals surface area (Å²) in [6, 6.07) is 3.58. The van der Waals surface area contributed by atoms with Gasteiger partial charge in [-0.05, 0) is 38.8 Å². The van der Waals surface area contributed by atoms with Crippen LogP contribution >= 0.6 is 11.3 Å². The molecule has 2 rings (SSSR count). The lowest BCUT2D eigenvalue weighted by Crippen LogP contribution is -2.36. The third kappa shape index (κ3) is 3.43. The number of amides is 1. The molecule has 2 unspecified atom stereocenters. The predicted octanol–water partition coefficient (Wildman–Crippen LogP) is 2.82. The Morgan fingerprint density at radius 3 is 2.86 bits per heavy atom. The minimum Gasteiger partial charge on any atom is -0.465 e. The van der Waals surface area contributed by atoms with Gasteiger partial charge in [-0.2, -0.15) is 0 Å². The van der Waals surface area contributed by atoms with Crippen molar-refractivity contribution in [2.45, 2.75) is 44.8 Å². The van der Waals surface area contributed by atoms with Crippen molar-refractivity contribution in [1.29, 1.82) is 0 Å². The summed E-state index contributed by atoms with van der Waals surface area (Å²) >= 11 is 1.40. The Hall–Kier alpha value is -1.43. The number of rotatable bonds is 5. The molecule has 1 saturated heterocycles. The van der Waals surface area contributed by atoms with Crippen LogP contribution in [-0.4, -0.2) is 42.1 Å². The molecule has 0 spiro atoms. The highest BCUT2D eigenvalue weighted by molar-refractivity contribution is 7.13. The van der Waals surface area contributed by atoms with Gasteiger partial charge in [0.1, 0.15) is 4.88 Å². The zero-order chi connectivity index (χ0) is 15.6. The smallest absolute Gasteiger partial charge is 0.348 e. The first-order valence-electron chi connectivity index (χ1n) is 7.02. The SMILES string of the molecule is COC(=O)c1ccc(CCCN2C(=O)C(C)(F)CC2C)s1. The van der Waals surface area contributed by atoms with Crippen molar-refractivity contribution in [2.75, 3.05) is 13.7 Å². The molecule has 1 aromatic heterocycles. The lowest BCUT2D eigenvalue weighted by molar-refractivity contribution is -0.137. The van der Waals surface area contributed by atoms with E-state index in [0.29, 0.717) is 11.4 Å². The summed E-state index contributed by atoms with van der Waals surface area (Å²) in [5.41, 5.74) is -1.72. The van der Waals surface area contributed by atoms with Crippen LogP contribution in [0, 0.1) is 0 Å². The third-order valence-electron chi connectivity index (χ3n) is 3.79. The minimum absolute atomic E-state index is 0.0542. The van der Waals surface area contributed by atoms with E-state index in [1.54, 1.807) is 11.0 Å². The average molecular weight is 313 g/mol. The third-order valence-corrected chi connectivity index (χ3v) is 4.91. The standard InChI is InChI=1S/C15H20FNO3S/c1-10-9-15(2,16)14(19)17(10)8-4-5-11-6-7-12(21-11)13(18)20-3/h6-7,10H,4-5,8-9H2,1-3H3. The Balaban J connectivity index is 1.86. The first kappa shape index (κ1) is 15.9. The van der Waals surface area contributed by atoms with Crippen molar-refractivity contribution in [3.63, 3.8) is 0 Å². The molecule has 116 valence electrons. The number of esters is 1. The van der Waals surface area contributed by atoms with Gasteiger partial charge >= 0.3 is 5.97 Å². The minimum atomic E-state index is -1.72. The Morgan fingerprint density at radius 1 is 1.57 bits per heavy atom. The Bertz CT molecular complexity index is 541. The maximum Gasteiger partial charge on any atom is 0.348 e. The van der Waals surface area contributed by atoms with Crippen LogP contribution in [0.15, 0.2) is 12.1 Å². The number of carbonyl (C=O) groups is 2. The fourth-order valence-corrected chi connectivity index (χ4v) is 3.69. The lowest BCUT2D eigenvalue weighted by atomic mass is 10.1. The van der Waals surface area contributed by atoms with Crippen molar-refractivity contribution in [1.82, 2.24) is 4.90 Å². The number of likely N-dealkylation sites (tertiary alicyclic amines) is 1. The van der Waals surface area contributed by atoms with E-state index in [1.165, 1.54) is 25.4 Å². The molecular weight excluding hydrogens is 293 g/mol. The second kappa shape index (κ2) is 6.13. The van der Waals surface area contributed by atoms with Gasteiger partial charge in [-0.3, -0.25) is 4.79 Å². The first-order valence-corrected chi connectivity index (χ1v) is 7.84. The van der Waals surface area contributed by atoms with Gasteiger partial charge in [0.15, 0.2) is 5.67 Å². The fraction of sp³-hybridized carbons (Fsp3) is 0.600. The molecule has 0 radical (unpaired) electrons. The number of ether oxygens (including phenoxy) is 1. The van der Waals surface area contributed by atoms with Gasteiger partial charge in [0, 0.05) is 23.9 Å². The topological polar surface area (TPSA) is 46.6 Å². The number of thiophene rings is 1. The molecule has 1 aromatic rings. The molecule has 6 heteroatoms. The maximum absolute atomic E-state index is 13.9. The number of nitrogens with zero attached hydrogens (tertiary/aromatic N) is 1. The van der Waals surface area contributed by atoms with E-state index < -0.39 is 11.6 Å². The Kier molecular flexibility index (Phi) is 4.66. The zero-order valence-corrected chi connectivity index (χ0v) is 13.3. The van der Waals surface area contributed by atoms with E-state index in [4.69, 9.17) is 0 Å². The highest BCUT2D eigenvalue weighted by Gasteiger charge is 2.46. The molecule has 0 aliphatic carbocycles. The highest BCUT2D eigenvalue weighted by Crippen LogP contribution is 2.31. The summed E-state index contributed by atoms with van der Waals surface area (Å²) in [5, 5.41) is 0. The van der Waals surface area contributed by atoms with E-state index in [2.05, 4.69) is 4.74 Å². The summed E-state index contributed by atoms with van der Waals surface area (Å²) in [5.74, 6) is -0.737. The number of halogens is 1. The number of methoxy groups -OCH3 is 1. The molecule has 0 N–H and O–H groups in total. The van der Waals surface area contributed by atoms with Crippen molar-refractivity contribution in [3.8, 4) is 0 Å². The summed E-state index contributed by atoms with van der Waals surface area (Å²) < 4.78 is 18.6. The van der Waals surface area contributed by atoms with Gasteiger partial charge in [0.25, 0.3) is 5.91 Å². The van der Waals surface area contributed by atoms with E-state index in [1.807, 2.05) is 13.0 Å². The van der Waals surface area contributed by atoms with Gasteiger partial charge in [0.2, 0.25) is 0 Å². The van der Waals surface area contributed by atoms with E-state index in [9.17, 15) is 14.0 Å². The molecule has 1 amide bonds. The molecule has 2 atom stereocenters. The van der Waals surface area contributed by atoms with Crippen LogP contribution in [0.2, 0.25) is 0 Å².